The number of nitrogens with one attached hydrogen (secondary N) is 1. The zero-order valence-corrected chi connectivity index (χ0v) is 20.8. The number of hydrogen-bond donors (Lipinski definition) is 1. The van der Waals surface area contributed by atoms with Crippen molar-refractivity contribution in [3.05, 3.63) is 72.1 Å². The van der Waals surface area contributed by atoms with Crippen LogP contribution in [0.2, 0.25) is 0 Å². The van der Waals surface area contributed by atoms with Crippen LogP contribution in [0.25, 0.3) is 0 Å². The van der Waals surface area contributed by atoms with Crippen LogP contribution in [0, 0.1) is 5.92 Å². The number of hydrazone groups is 1. The molecule has 0 radical (unpaired) electrons. The van der Waals surface area contributed by atoms with E-state index < -0.39 is 6.17 Å². The lowest BCUT2D eigenvalue weighted by Crippen LogP contribution is -2.49. The summed E-state index contributed by atoms with van der Waals surface area (Å²) in [7, 11) is 1.60. The number of amides is 3. The molecule has 188 valence electrons. The molecule has 0 spiro atoms. The number of aliphatic imine (C=N–C) groups is 1. The predicted octanol–water partition coefficient (Wildman–Crippen LogP) is 4.32. The van der Waals surface area contributed by atoms with Gasteiger partial charge in [-0.3, -0.25) is 14.7 Å². The Hall–Kier alpha value is -4.14. The van der Waals surface area contributed by atoms with Crippen LogP contribution in [0.4, 0.5) is 4.79 Å². The van der Waals surface area contributed by atoms with Crippen LogP contribution in [0.15, 0.2) is 71.0 Å². The van der Waals surface area contributed by atoms with Crippen LogP contribution in [0.5, 0.6) is 11.5 Å². The van der Waals surface area contributed by atoms with Gasteiger partial charge in [-0.2, -0.15) is 5.10 Å². The average Bonchev–Trinajstić information content (AvgIpc) is 2.92. The number of ether oxygens (including phenoxy) is 2. The lowest BCUT2D eigenvalue weighted by molar-refractivity contribution is -0.135. The summed E-state index contributed by atoms with van der Waals surface area (Å²) in [6.45, 7) is 4.79. The first-order valence-corrected chi connectivity index (χ1v) is 12.1. The molecule has 0 bridgehead atoms. The Morgan fingerprint density at radius 3 is 2.64 bits per heavy atom. The van der Waals surface area contributed by atoms with E-state index in [9.17, 15) is 9.59 Å². The molecule has 2 aliphatic rings. The minimum Gasteiger partial charge on any atom is -0.493 e. The molecule has 0 fully saturated rings. The molecule has 9 heteroatoms. The van der Waals surface area contributed by atoms with E-state index in [0.29, 0.717) is 24.7 Å². The SMILES string of the molecule is CCOc1cc(C2=NN(C(NC(=O)N3C=CN=CC3)c3ccccc3)C(=O)CC2CC)ccc1OC. The highest BCUT2D eigenvalue weighted by Crippen LogP contribution is 2.33. The molecule has 0 aliphatic carbocycles. The Kier molecular flexibility index (Phi) is 7.99. The molecule has 0 saturated carbocycles. The van der Waals surface area contributed by atoms with Gasteiger partial charge in [-0.25, -0.2) is 9.80 Å². The number of urea groups is 1. The minimum absolute atomic E-state index is 0.0648. The van der Waals surface area contributed by atoms with E-state index in [1.54, 1.807) is 25.7 Å². The maximum absolute atomic E-state index is 13.4. The molecule has 3 amide bonds. The van der Waals surface area contributed by atoms with Crippen molar-refractivity contribution in [1.29, 1.82) is 0 Å². The van der Waals surface area contributed by atoms with Crippen molar-refractivity contribution in [1.82, 2.24) is 15.2 Å². The van der Waals surface area contributed by atoms with E-state index >= 15 is 0 Å². The number of hydrogen-bond acceptors (Lipinski definition) is 6. The number of carbonyl (C=O) groups is 2. The number of carbonyl (C=O) groups excluding carboxylic acids is 2. The molecule has 4 rings (SSSR count). The number of benzene rings is 2. The average molecular weight is 490 g/mol. The molecule has 2 atom stereocenters. The van der Waals surface area contributed by atoms with E-state index in [4.69, 9.17) is 14.6 Å². The lowest BCUT2D eigenvalue weighted by atomic mass is 9.89. The minimum atomic E-state index is -0.782. The van der Waals surface area contributed by atoms with Crippen molar-refractivity contribution in [2.24, 2.45) is 16.0 Å². The van der Waals surface area contributed by atoms with Crippen molar-refractivity contribution in [3.63, 3.8) is 0 Å². The number of rotatable bonds is 8. The summed E-state index contributed by atoms with van der Waals surface area (Å²) in [6.07, 6.45) is 5.04. The largest absolute Gasteiger partial charge is 0.493 e. The van der Waals surface area contributed by atoms with Crippen molar-refractivity contribution in [3.8, 4) is 11.5 Å². The fraction of sp³-hybridized carbons (Fsp3) is 0.333. The second-order valence-corrected chi connectivity index (χ2v) is 8.38. The zero-order valence-electron chi connectivity index (χ0n) is 20.8. The maximum atomic E-state index is 13.4. The summed E-state index contributed by atoms with van der Waals surface area (Å²) in [5.41, 5.74) is 2.36. The van der Waals surface area contributed by atoms with Gasteiger partial charge in [-0.05, 0) is 37.1 Å². The van der Waals surface area contributed by atoms with Crippen molar-refractivity contribution in [2.75, 3.05) is 20.3 Å². The third-order valence-corrected chi connectivity index (χ3v) is 6.13. The van der Waals surface area contributed by atoms with Crippen LogP contribution in [0.1, 0.15) is 44.0 Å². The summed E-state index contributed by atoms with van der Waals surface area (Å²) in [6, 6.07) is 14.7. The van der Waals surface area contributed by atoms with Gasteiger partial charge in [0, 0.05) is 36.5 Å². The lowest BCUT2D eigenvalue weighted by Gasteiger charge is -2.35. The molecule has 0 aromatic heterocycles. The van der Waals surface area contributed by atoms with Crippen LogP contribution >= 0.6 is 0 Å². The molecule has 2 aliphatic heterocycles. The summed E-state index contributed by atoms with van der Waals surface area (Å²) in [5.74, 6) is 1.02. The molecule has 1 N–H and O–H groups in total. The normalized spacial score (nSPS) is 18.0. The van der Waals surface area contributed by atoms with Crippen molar-refractivity contribution >= 4 is 23.9 Å². The molecule has 2 aromatic carbocycles. The molecular weight excluding hydrogens is 458 g/mol. The van der Waals surface area contributed by atoms with Gasteiger partial charge < -0.3 is 14.8 Å². The Labute approximate surface area is 211 Å². The molecule has 2 aromatic rings. The Bertz CT molecular complexity index is 1180. The highest BCUT2D eigenvalue weighted by atomic mass is 16.5. The van der Waals surface area contributed by atoms with Gasteiger partial charge in [0.1, 0.15) is 0 Å². The highest BCUT2D eigenvalue weighted by Gasteiger charge is 2.35. The smallest absolute Gasteiger partial charge is 0.323 e. The van der Waals surface area contributed by atoms with Crippen molar-refractivity contribution in [2.45, 2.75) is 32.9 Å². The van der Waals surface area contributed by atoms with Crippen LogP contribution in [-0.2, 0) is 4.79 Å². The molecule has 9 nitrogen and oxygen atoms in total. The van der Waals surface area contributed by atoms with Crippen LogP contribution < -0.4 is 14.8 Å². The topological polar surface area (TPSA) is 95.8 Å². The molecule has 2 heterocycles. The fourth-order valence-electron chi connectivity index (χ4n) is 4.24. The Morgan fingerprint density at radius 1 is 1.17 bits per heavy atom. The van der Waals surface area contributed by atoms with Gasteiger partial charge >= 0.3 is 6.03 Å². The van der Waals surface area contributed by atoms with E-state index in [2.05, 4.69) is 10.3 Å². The monoisotopic (exact) mass is 489 g/mol. The van der Waals surface area contributed by atoms with Gasteiger partial charge in [0.2, 0.25) is 5.91 Å². The van der Waals surface area contributed by atoms with E-state index in [-0.39, 0.29) is 24.3 Å². The summed E-state index contributed by atoms with van der Waals surface area (Å²) in [4.78, 5) is 31.9. The molecule has 2 unspecified atom stereocenters. The van der Waals surface area contributed by atoms with Gasteiger partial charge in [-0.1, -0.05) is 37.3 Å². The second-order valence-electron chi connectivity index (χ2n) is 8.38. The van der Waals surface area contributed by atoms with Gasteiger partial charge in [0.15, 0.2) is 17.7 Å². The van der Waals surface area contributed by atoms with E-state index in [1.165, 1.54) is 9.91 Å². The van der Waals surface area contributed by atoms with E-state index in [0.717, 1.165) is 23.3 Å². The standard InChI is InChI=1S/C27H31N5O4/c1-4-19-18-24(33)32(30-25(19)21-11-12-22(35-3)23(17-21)36-5-2)26(20-9-7-6-8-10-20)29-27(34)31-15-13-28-14-16-31/h6-15,17,19,26H,4-5,16,18H2,1-3H3,(H,29,34). The maximum Gasteiger partial charge on any atom is 0.323 e. The number of methoxy groups -OCH3 is 1. The summed E-state index contributed by atoms with van der Waals surface area (Å²) < 4.78 is 11.2. The summed E-state index contributed by atoms with van der Waals surface area (Å²) in [5, 5.41) is 9.22. The van der Waals surface area contributed by atoms with Crippen LogP contribution in [0.3, 0.4) is 0 Å². The predicted molar refractivity (Wildman–Crippen MR) is 138 cm³/mol. The summed E-state index contributed by atoms with van der Waals surface area (Å²) >= 11 is 0. The van der Waals surface area contributed by atoms with Crippen molar-refractivity contribution < 1.29 is 19.1 Å². The Morgan fingerprint density at radius 2 is 1.97 bits per heavy atom. The third kappa shape index (κ3) is 5.40. The van der Waals surface area contributed by atoms with Gasteiger partial charge in [-0.15, -0.1) is 0 Å². The fourth-order valence-corrected chi connectivity index (χ4v) is 4.24. The first-order valence-electron chi connectivity index (χ1n) is 12.1. The van der Waals surface area contributed by atoms with Gasteiger partial charge in [0.05, 0.1) is 26.0 Å². The third-order valence-electron chi connectivity index (χ3n) is 6.13. The Balaban J connectivity index is 1.74. The van der Waals surface area contributed by atoms with Crippen LogP contribution in [-0.4, -0.2) is 54.0 Å². The van der Waals surface area contributed by atoms with Gasteiger partial charge in [0.25, 0.3) is 0 Å². The number of nitrogens with zero attached hydrogens (tertiary/aromatic N) is 4. The molecule has 36 heavy (non-hydrogen) atoms. The highest BCUT2D eigenvalue weighted by molar-refractivity contribution is 6.06. The quantitative estimate of drug-likeness (QED) is 0.597. The first-order chi connectivity index (χ1) is 17.5. The molecular formula is C27H31N5O4. The second kappa shape index (κ2) is 11.5. The first kappa shape index (κ1) is 25.0. The van der Waals surface area contributed by atoms with E-state index in [1.807, 2.05) is 62.4 Å². The zero-order chi connectivity index (χ0) is 25.5. The molecule has 0 saturated heterocycles.